The summed E-state index contributed by atoms with van der Waals surface area (Å²) in [6.45, 7) is 37.5. The highest BCUT2D eigenvalue weighted by Gasteiger charge is 2.70. The maximum absolute atomic E-state index is 2.82. The van der Waals surface area contributed by atoms with E-state index in [1.165, 1.54) is 64.2 Å². The van der Waals surface area contributed by atoms with E-state index in [1.807, 2.05) is 0 Å². The monoisotopic (exact) mass is 598 g/mol. The molecule has 1 radical (unpaired) electrons. The van der Waals surface area contributed by atoms with Gasteiger partial charge in [0.2, 0.25) is 0 Å². The maximum Gasteiger partial charge on any atom is 0.0478 e. The van der Waals surface area contributed by atoms with Crippen molar-refractivity contribution in [1.29, 1.82) is 0 Å². The molecule has 0 atom stereocenters. The second kappa shape index (κ2) is 18.4. The Labute approximate surface area is 249 Å². The molecule has 0 fully saturated rings. The summed E-state index contributed by atoms with van der Waals surface area (Å²) < 4.78 is 0. The zero-order chi connectivity index (χ0) is 29.6. The van der Waals surface area contributed by atoms with E-state index in [-0.39, 0.29) is 0 Å². The van der Waals surface area contributed by atoms with Crippen LogP contribution in [0.25, 0.3) is 0 Å². The van der Waals surface area contributed by atoms with Crippen molar-refractivity contribution in [1.82, 2.24) is 0 Å². The van der Waals surface area contributed by atoms with Crippen LogP contribution >= 0.6 is 0 Å². The van der Waals surface area contributed by atoms with Crippen LogP contribution in [0.3, 0.4) is 0 Å². The fraction of sp³-hybridized carbons (Fsp3) is 1.00. The second-order valence-electron chi connectivity index (χ2n) is 15.8. The van der Waals surface area contributed by atoms with Crippen molar-refractivity contribution in [3.05, 3.63) is 0 Å². The number of hydrogen-bond donors (Lipinski definition) is 0. The predicted octanol–water partition coefficient (Wildman–Crippen LogP) is 13.0. The average molecular weight is 598 g/mol. The van der Waals surface area contributed by atoms with E-state index >= 15 is 0 Å². The van der Waals surface area contributed by atoms with Gasteiger partial charge in [-0.15, -0.1) is 0 Å². The third kappa shape index (κ3) is 9.72. The molecular weight excluding hydrogens is 521 g/mol. The van der Waals surface area contributed by atoms with E-state index in [0.29, 0.717) is 10.1 Å². The molecule has 0 N–H and O–H groups in total. The lowest BCUT2D eigenvalue weighted by Crippen LogP contribution is -2.84. The minimum Gasteiger partial charge on any atom is -0.0656 e. The minimum atomic E-state index is -1.67. The van der Waals surface area contributed by atoms with E-state index < -0.39 is 30.8 Å². The van der Waals surface area contributed by atoms with Gasteiger partial charge >= 0.3 is 0 Å². The lowest BCUT2D eigenvalue weighted by Gasteiger charge is -2.68. The van der Waals surface area contributed by atoms with Crippen LogP contribution in [-0.4, -0.2) is 30.8 Å². The Kier molecular flexibility index (Phi) is 18.8. The van der Waals surface area contributed by atoms with Gasteiger partial charge in [-0.1, -0.05) is 209 Å². The van der Waals surface area contributed by atoms with Crippen LogP contribution < -0.4 is 0 Å². The molecule has 0 saturated heterocycles. The van der Waals surface area contributed by atoms with Gasteiger partial charge in [-0.05, 0) is 10.1 Å². The Hall–Kier alpha value is 0.868. The van der Waals surface area contributed by atoms with E-state index in [4.69, 9.17) is 0 Å². The largest absolute Gasteiger partial charge is 0.0656 e. The molecule has 4 heteroatoms. The molecule has 0 aliphatic rings. The van der Waals surface area contributed by atoms with Crippen LogP contribution in [0.15, 0.2) is 0 Å². The molecule has 0 bridgehead atoms. The van der Waals surface area contributed by atoms with Gasteiger partial charge < -0.3 is 0 Å². The van der Waals surface area contributed by atoms with Crippen molar-refractivity contribution < 1.29 is 0 Å². The van der Waals surface area contributed by atoms with Crippen LogP contribution in [0, 0.1) is 0 Å². The first-order valence-electron chi connectivity index (χ1n) is 17.5. The summed E-state index contributed by atoms with van der Waals surface area (Å²) in [5.41, 5.74) is 1.87. The van der Waals surface area contributed by atoms with Gasteiger partial charge in [0.1, 0.15) is 0 Å². The van der Waals surface area contributed by atoms with E-state index in [2.05, 4.69) is 96.9 Å². The highest BCUT2D eigenvalue weighted by molar-refractivity contribution is 7.80. The van der Waals surface area contributed by atoms with Crippen molar-refractivity contribution in [3.8, 4) is 0 Å². The van der Waals surface area contributed by atoms with Crippen molar-refractivity contribution in [2.75, 3.05) is 0 Å². The fourth-order valence-corrected chi connectivity index (χ4v) is 103. The molecule has 0 saturated carbocycles. The van der Waals surface area contributed by atoms with Crippen molar-refractivity contribution in [2.24, 2.45) is 0 Å². The molecule has 229 valence electrons. The highest BCUT2D eigenvalue weighted by atomic mass is 29.8. The summed E-state index contributed by atoms with van der Waals surface area (Å²) in [5, 5.41) is 1.07. The summed E-state index contributed by atoms with van der Waals surface area (Å²) in [6.07, 6.45) is 17.6. The van der Waals surface area contributed by atoms with E-state index in [0.717, 1.165) is 11.1 Å². The Morgan fingerprint density at radius 2 is 0.868 bits per heavy atom. The molecule has 0 heterocycles. The third-order valence-corrected chi connectivity index (χ3v) is 72.7. The number of unbranched alkanes of at least 4 members (excludes halogenated alkanes) is 8. The van der Waals surface area contributed by atoms with Crippen LogP contribution in [0.2, 0.25) is 45.3 Å². The van der Waals surface area contributed by atoms with E-state index in [1.54, 1.807) is 37.0 Å². The molecule has 0 unspecified atom stereocenters. The summed E-state index contributed by atoms with van der Waals surface area (Å²) in [5.74, 6) is 0. The summed E-state index contributed by atoms with van der Waals surface area (Å²) >= 11 is 0. The van der Waals surface area contributed by atoms with Gasteiger partial charge in [-0.25, -0.2) is 0 Å². The summed E-state index contributed by atoms with van der Waals surface area (Å²) in [7, 11) is -4.57. The first-order chi connectivity index (χ1) is 17.7. The number of hydrogen-bond acceptors (Lipinski definition) is 0. The normalized spacial score (nSPS) is 14.1. The quantitative estimate of drug-likeness (QED) is 0.0911. The molecule has 0 amide bonds. The maximum atomic E-state index is 2.82. The van der Waals surface area contributed by atoms with Gasteiger partial charge in [0.25, 0.3) is 0 Å². The van der Waals surface area contributed by atoms with Crippen molar-refractivity contribution in [2.45, 2.75) is 219 Å². The molecule has 0 aliphatic carbocycles. The average Bonchev–Trinajstić information content (AvgIpc) is 2.79. The smallest absolute Gasteiger partial charge is 0.0478 e. The fourth-order valence-electron chi connectivity index (χ4n) is 10.2. The summed E-state index contributed by atoms with van der Waals surface area (Å²) in [6, 6.07) is 6.77. The molecule has 0 aromatic rings. The van der Waals surface area contributed by atoms with Crippen molar-refractivity contribution >= 4 is 30.8 Å². The highest BCUT2D eigenvalue weighted by Crippen LogP contribution is 2.62. The lowest BCUT2D eigenvalue weighted by molar-refractivity contribution is 0.637. The molecule has 0 aromatic heterocycles. The summed E-state index contributed by atoms with van der Waals surface area (Å²) in [4.78, 5) is 0. The van der Waals surface area contributed by atoms with Gasteiger partial charge in [-0.3, -0.25) is 0 Å². The topological polar surface area (TPSA) is 0 Å². The van der Waals surface area contributed by atoms with Gasteiger partial charge in [-0.2, -0.15) is 0 Å². The zero-order valence-electron chi connectivity index (χ0n) is 29.5. The molecule has 0 aromatic carbocycles. The molecule has 0 nitrogen and oxygen atoms in total. The lowest BCUT2D eigenvalue weighted by atomic mass is 10.2. The van der Waals surface area contributed by atoms with Gasteiger partial charge in [0, 0.05) is 30.8 Å². The molecule has 0 rings (SSSR count). The Morgan fingerprint density at radius 3 is 1.13 bits per heavy atom. The van der Waals surface area contributed by atoms with Crippen LogP contribution in [-0.2, 0) is 0 Å². The molecule has 0 aliphatic heterocycles. The number of rotatable bonds is 21. The first kappa shape index (κ1) is 38.9. The minimum absolute atomic E-state index is 0.420. The standard InChI is InChI=1S/C34H77Si4/c1-15-19-23-25-27-35(28-26-24-20-16-2)38(33(9,10)11,34(12,13)14)37(29-21-17-3,30-22-18-4)36(31(5)6)32(7)8/h31-32,35H,15-30H2,1-14H3. The zero-order valence-corrected chi connectivity index (χ0v) is 33.7. The van der Waals surface area contributed by atoms with Crippen LogP contribution in [0.5, 0.6) is 0 Å². The Balaban J connectivity index is 7.64. The Morgan fingerprint density at radius 1 is 0.526 bits per heavy atom. The van der Waals surface area contributed by atoms with Gasteiger partial charge in [0.15, 0.2) is 0 Å². The third-order valence-electron chi connectivity index (χ3n) is 10.3. The van der Waals surface area contributed by atoms with Crippen molar-refractivity contribution in [3.63, 3.8) is 0 Å². The van der Waals surface area contributed by atoms with Crippen LogP contribution in [0.1, 0.15) is 174 Å². The predicted molar refractivity (Wildman–Crippen MR) is 191 cm³/mol. The van der Waals surface area contributed by atoms with Crippen LogP contribution in [0.4, 0.5) is 0 Å². The second-order valence-corrected chi connectivity index (χ2v) is 47.4. The first-order valence-corrected chi connectivity index (χ1v) is 29.0. The SMILES string of the molecule is CCCCCC[SiH](CCCCCC)[Si](C(C)(C)C)(C(C)(C)C)[Si](CCCC)(CCCC)[Si](C(C)C)C(C)C. The Bertz CT molecular complexity index is 542. The van der Waals surface area contributed by atoms with E-state index in [9.17, 15) is 0 Å². The molecular formula is C34H77Si4. The van der Waals surface area contributed by atoms with Gasteiger partial charge in [0.05, 0.1) is 0 Å². The molecule has 38 heavy (non-hydrogen) atoms. The molecule has 0 spiro atoms.